The van der Waals surface area contributed by atoms with Crippen molar-refractivity contribution in [3.05, 3.63) is 95.6 Å². The molecule has 1 amide bonds. The van der Waals surface area contributed by atoms with E-state index in [-0.39, 0.29) is 12.5 Å². The van der Waals surface area contributed by atoms with Gasteiger partial charge in [0.25, 0.3) is 5.91 Å². The van der Waals surface area contributed by atoms with Gasteiger partial charge in [-0.25, -0.2) is 4.98 Å². The van der Waals surface area contributed by atoms with Gasteiger partial charge in [0.05, 0.1) is 35.4 Å². The summed E-state index contributed by atoms with van der Waals surface area (Å²) in [4.78, 5) is 34.3. The third-order valence-electron chi connectivity index (χ3n) is 9.59. The predicted octanol–water partition coefficient (Wildman–Crippen LogP) is 7.41. The number of carboxylic acids is 1. The highest BCUT2D eigenvalue weighted by atomic mass is 32.2. The molecule has 4 aromatic rings. The number of unbranched alkanes of at least 4 members (excludes halogenated alkanes) is 1. The number of carbonyl (C=O) groups is 2. The van der Waals surface area contributed by atoms with Gasteiger partial charge in [0, 0.05) is 60.8 Å². The van der Waals surface area contributed by atoms with Gasteiger partial charge in [-0.15, -0.1) is 0 Å². The summed E-state index contributed by atoms with van der Waals surface area (Å²) in [5, 5.41) is 12.3. The van der Waals surface area contributed by atoms with Crippen molar-refractivity contribution in [2.45, 2.75) is 70.1 Å². The van der Waals surface area contributed by atoms with E-state index in [2.05, 4.69) is 51.8 Å². The molecule has 55 heavy (non-hydrogen) atoms. The number of aryl methyl sites for hydroxylation is 1. The third kappa shape index (κ3) is 12.1. The van der Waals surface area contributed by atoms with Crippen molar-refractivity contribution in [2.75, 3.05) is 63.3 Å². The van der Waals surface area contributed by atoms with Crippen molar-refractivity contribution in [3.63, 3.8) is 0 Å². The average Bonchev–Trinajstić information content (AvgIpc) is 3.50. The Balaban J connectivity index is 1.32. The standard InChI is InChI=1S/C43H55N5O6S/c1-5-7-24-53-25-26-54-39-15-10-33(11-16-39)34-12-19-41-36(27-34)28-35(9-8-21-47(41)23-22-46(4)30-42(49)50)43(51)45-37-13-17-40(18-14-37)55(52)31-38-29-44-32(3)48(38)20-6-2/h10-19,27-29H,5-9,20-26,30-31H2,1-4H3,(H,45,51)(H,49,50)/b35-28+. The molecule has 2 heterocycles. The third-order valence-corrected chi connectivity index (χ3v) is 10.9. The smallest absolute Gasteiger partial charge is 0.317 e. The number of hydrogen-bond donors (Lipinski definition) is 2. The number of anilines is 2. The van der Waals surface area contributed by atoms with E-state index in [1.165, 1.54) is 0 Å². The maximum Gasteiger partial charge on any atom is 0.317 e. The quantitative estimate of drug-likeness (QED) is 0.0885. The Labute approximate surface area is 327 Å². The van der Waals surface area contributed by atoms with Crippen LogP contribution in [-0.2, 0) is 37.4 Å². The van der Waals surface area contributed by atoms with Crippen LogP contribution in [0.15, 0.2) is 83.4 Å². The number of nitrogens with one attached hydrogen (secondary N) is 1. The number of carbonyl (C=O) groups excluding carboxylic acids is 1. The second-order valence-corrected chi connectivity index (χ2v) is 15.4. The van der Waals surface area contributed by atoms with Gasteiger partial charge in [0.1, 0.15) is 18.2 Å². The molecule has 1 unspecified atom stereocenters. The molecule has 0 bridgehead atoms. The summed E-state index contributed by atoms with van der Waals surface area (Å²) in [5.41, 5.74) is 6.17. The van der Waals surface area contributed by atoms with Gasteiger partial charge in [-0.05, 0) is 111 Å². The number of nitrogens with zero attached hydrogens (tertiary/aromatic N) is 4. The van der Waals surface area contributed by atoms with Gasteiger partial charge in [-0.2, -0.15) is 0 Å². The molecular weight excluding hydrogens is 715 g/mol. The lowest BCUT2D eigenvalue weighted by molar-refractivity contribution is -0.137. The predicted molar refractivity (Wildman–Crippen MR) is 220 cm³/mol. The first-order valence-electron chi connectivity index (χ1n) is 19.3. The molecule has 294 valence electrons. The molecule has 0 aliphatic carbocycles. The molecule has 0 spiro atoms. The maximum absolute atomic E-state index is 13.8. The zero-order valence-electron chi connectivity index (χ0n) is 32.6. The lowest BCUT2D eigenvalue weighted by Gasteiger charge is -2.30. The van der Waals surface area contributed by atoms with Gasteiger partial charge in [0.15, 0.2) is 0 Å². The zero-order chi connectivity index (χ0) is 39.2. The molecule has 1 aromatic heterocycles. The molecule has 1 aliphatic rings. The molecule has 0 fully saturated rings. The number of aromatic nitrogens is 2. The number of likely N-dealkylation sites (N-methyl/N-ethyl adjacent to an activating group) is 1. The molecule has 0 saturated heterocycles. The maximum atomic E-state index is 13.8. The number of imidazole rings is 1. The molecular formula is C43H55N5O6S. The lowest BCUT2D eigenvalue weighted by Crippen LogP contribution is -2.37. The summed E-state index contributed by atoms with van der Waals surface area (Å²) in [6, 6.07) is 21.5. The Kier molecular flexibility index (Phi) is 15.6. The Morgan fingerprint density at radius 2 is 1.73 bits per heavy atom. The molecule has 12 heteroatoms. The zero-order valence-corrected chi connectivity index (χ0v) is 33.4. The first-order chi connectivity index (χ1) is 26.6. The minimum Gasteiger partial charge on any atom is -0.491 e. The van der Waals surface area contributed by atoms with Gasteiger partial charge >= 0.3 is 5.97 Å². The van der Waals surface area contributed by atoms with Crippen molar-refractivity contribution < 1.29 is 28.4 Å². The van der Waals surface area contributed by atoms with Gasteiger partial charge in [0.2, 0.25) is 0 Å². The van der Waals surface area contributed by atoms with Crippen LogP contribution < -0.4 is 15.0 Å². The fourth-order valence-corrected chi connectivity index (χ4v) is 7.69. The van der Waals surface area contributed by atoms with Gasteiger partial charge in [-0.1, -0.05) is 38.5 Å². The molecule has 1 aliphatic heterocycles. The largest absolute Gasteiger partial charge is 0.491 e. The topological polar surface area (TPSA) is 126 Å². The monoisotopic (exact) mass is 769 g/mol. The van der Waals surface area contributed by atoms with E-state index in [1.54, 1.807) is 23.2 Å². The van der Waals surface area contributed by atoms with Crippen LogP contribution in [0.4, 0.5) is 11.4 Å². The number of hydrogen-bond acceptors (Lipinski definition) is 8. The molecule has 1 atom stereocenters. The summed E-state index contributed by atoms with van der Waals surface area (Å²) in [6.07, 6.45) is 8.21. The summed E-state index contributed by atoms with van der Waals surface area (Å²) < 4.78 is 26.9. The SMILES string of the molecule is CCCCOCCOc1ccc(-c2ccc3c(c2)/C=C(/C(=O)Nc2ccc(S(=O)Cc4cnc(C)n4CCC)cc2)CCCN3CCN(C)CC(=O)O)cc1. The van der Waals surface area contributed by atoms with Gasteiger partial charge in [-0.3, -0.25) is 18.7 Å². The van der Waals surface area contributed by atoms with Crippen LogP contribution >= 0.6 is 0 Å². The van der Waals surface area contributed by atoms with Crippen LogP contribution in [0.3, 0.4) is 0 Å². The van der Waals surface area contributed by atoms with Crippen molar-refractivity contribution in [2.24, 2.45) is 0 Å². The van der Waals surface area contributed by atoms with E-state index in [1.807, 2.05) is 56.4 Å². The number of ether oxygens (including phenoxy) is 2. The van der Waals surface area contributed by atoms with Crippen LogP contribution in [0.25, 0.3) is 17.2 Å². The fourth-order valence-electron chi connectivity index (χ4n) is 6.58. The molecule has 0 saturated carbocycles. The summed E-state index contributed by atoms with van der Waals surface area (Å²) in [5.74, 6) is 1.03. The molecule has 0 radical (unpaired) electrons. The van der Waals surface area contributed by atoms with Crippen molar-refractivity contribution >= 4 is 40.1 Å². The van der Waals surface area contributed by atoms with E-state index in [0.717, 1.165) is 78.5 Å². The average molecular weight is 770 g/mol. The number of carboxylic acid groups (broad SMARTS) is 1. The van der Waals surface area contributed by atoms with Crippen molar-refractivity contribution in [1.82, 2.24) is 14.5 Å². The molecule has 5 rings (SSSR count). The minimum atomic E-state index is -1.26. The second-order valence-electron chi connectivity index (χ2n) is 13.9. The van der Waals surface area contributed by atoms with Crippen LogP contribution in [-0.4, -0.2) is 88.7 Å². The van der Waals surface area contributed by atoms with E-state index in [9.17, 15) is 18.9 Å². The highest BCUT2D eigenvalue weighted by Gasteiger charge is 2.20. The van der Waals surface area contributed by atoms with E-state index < -0.39 is 16.8 Å². The van der Waals surface area contributed by atoms with Crippen LogP contribution in [0.2, 0.25) is 0 Å². The lowest BCUT2D eigenvalue weighted by atomic mass is 9.96. The van der Waals surface area contributed by atoms with Crippen LogP contribution in [0.1, 0.15) is 63.0 Å². The van der Waals surface area contributed by atoms with Crippen LogP contribution in [0.5, 0.6) is 5.75 Å². The Hall–Kier alpha value is -4.78. The summed E-state index contributed by atoms with van der Waals surface area (Å²) in [6.45, 7) is 10.8. The normalized spacial score (nSPS) is 14.4. The van der Waals surface area contributed by atoms with E-state index in [4.69, 9.17) is 9.47 Å². The highest BCUT2D eigenvalue weighted by Crippen LogP contribution is 2.33. The van der Waals surface area contributed by atoms with Gasteiger partial charge < -0.3 is 29.4 Å². The first-order valence-corrected chi connectivity index (χ1v) is 20.6. The summed E-state index contributed by atoms with van der Waals surface area (Å²) >= 11 is 0. The minimum absolute atomic E-state index is 0.0311. The van der Waals surface area contributed by atoms with Crippen LogP contribution in [0, 0.1) is 6.92 Å². The summed E-state index contributed by atoms with van der Waals surface area (Å²) in [7, 11) is 0.553. The molecule has 11 nitrogen and oxygen atoms in total. The molecule has 3 aromatic carbocycles. The number of amides is 1. The van der Waals surface area contributed by atoms with E-state index in [0.29, 0.717) is 61.2 Å². The number of benzene rings is 3. The second kappa shape index (κ2) is 20.8. The highest BCUT2D eigenvalue weighted by molar-refractivity contribution is 7.84. The number of fused-ring (bicyclic) bond motifs is 1. The number of rotatable bonds is 20. The molecule has 2 N–H and O–H groups in total. The van der Waals surface area contributed by atoms with Crippen molar-refractivity contribution in [1.29, 1.82) is 0 Å². The Morgan fingerprint density at radius 1 is 0.964 bits per heavy atom. The van der Waals surface area contributed by atoms with Crippen molar-refractivity contribution in [3.8, 4) is 16.9 Å². The Bertz CT molecular complexity index is 1920. The fraction of sp³-hybridized carbons (Fsp3) is 0.419. The number of aliphatic carboxylic acids is 1. The van der Waals surface area contributed by atoms with E-state index >= 15 is 0 Å². The Morgan fingerprint density at radius 3 is 2.45 bits per heavy atom. The first kappa shape index (κ1) is 41.4.